The molecule has 5 heteroatoms. The molecule has 0 aliphatic rings. The normalized spacial score (nSPS) is 12.0. The molecule has 1 heterocycles. The number of rotatable bonds is 6. The van der Waals surface area contributed by atoms with E-state index in [4.69, 9.17) is 5.11 Å². The summed E-state index contributed by atoms with van der Waals surface area (Å²) in [5, 5.41) is 14.9. The van der Waals surface area contributed by atoms with Crippen LogP contribution in [0.3, 0.4) is 0 Å². The summed E-state index contributed by atoms with van der Waals surface area (Å²) in [5.74, 6) is -0.0512. The zero-order valence-electron chi connectivity index (χ0n) is 12.8. The Morgan fingerprint density at radius 3 is 2.64 bits per heavy atom. The van der Waals surface area contributed by atoms with Crippen molar-refractivity contribution in [2.45, 2.75) is 19.9 Å². The molecule has 2 rings (SSSR count). The summed E-state index contributed by atoms with van der Waals surface area (Å²) in [4.78, 5) is 15.4. The van der Waals surface area contributed by atoms with Crippen LogP contribution in [0.1, 0.15) is 25.5 Å². The molecule has 0 radical (unpaired) electrons. The predicted octanol–water partition coefficient (Wildman–Crippen LogP) is 2.82. The number of carbonyl (C=O) groups is 1. The molecule has 0 aliphatic heterocycles. The summed E-state index contributed by atoms with van der Waals surface area (Å²) in [7, 11) is 0. The van der Waals surface area contributed by atoms with E-state index in [1.165, 1.54) is 0 Å². The van der Waals surface area contributed by atoms with Crippen LogP contribution in [0.15, 0.2) is 48.8 Å². The van der Waals surface area contributed by atoms with Gasteiger partial charge in [-0.05, 0) is 35.7 Å². The molecular weight excluding hydrogens is 278 g/mol. The van der Waals surface area contributed by atoms with Gasteiger partial charge >= 0.3 is 0 Å². The SMILES string of the molecule is CC(C)C(Nc1cccc(NC(=O)CO)c1)c1cccnc1. The third-order valence-corrected chi connectivity index (χ3v) is 3.32. The number of benzene rings is 1. The molecule has 1 atom stereocenters. The van der Waals surface area contributed by atoms with Crippen molar-refractivity contribution >= 4 is 17.3 Å². The van der Waals surface area contributed by atoms with E-state index in [0.717, 1.165) is 11.3 Å². The molecule has 1 amide bonds. The number of hydrogen-bond donors (Lipinski definition) is 3. The lowest BCUT2D eigenvalue weighted by atomic mass is 9.97. The molecule has 0 aliphatic carbocycles. The fraction of sp³-hybridized carbons (Fsp3) is 0.294. The van der Waals surface area contributed by atoms with Crippen LogP contribution in [-0.4, -0.2) is 22.6 Å². The first-order valence-electron chi connectivity index (χ1n) is 7.27. The fourth-order valence-electron chi connectivity index (χ4n) is 2.26. The first-order valence-corrected chi connectivity index (χ1v) is 7.27. The van der Waals surface area contributed by atoms with Crippen molar-refractivity contribution in [1.82, 2.24) is 4.98 Å². The lowest BCUT2D eigenvalue weighted by Gasteiger charge is -2.24. The summed E-state index contributed by atoms with van der Waals surface area (Å²) < 4.78 is 0. The van der Waals surface area contributed by atoms with Gasteiger partial charge in [-0.25, -0.2) is 0 Å². The topological polar surface area (TPSA) is 74.2 Å². The highest BCUT2D eigenvalue weighted by Crippen LogP contribution is 2.27. The van der Waals surface area contributed by atoms with Crippen LogP contribution >= 0.6 is 0 Å². The number of nitrogens with zero attached hydrogens (tertiary/aromatic N) is 1. The van der Waals surface area contributed by atoms with E-state index in [1.807, 2.05) is 36.5 Å². The standard InChI is InChI=1S/C17H21N3O2/c1-12(2)17(13-5-4-8-18-10-13)20-15-7-3-6-14(9-15)19-16(22)11-21/h3-10,12,17,20-21H,11H2,1-2H3,(H,19,22). The highest BCUT2D eigenvalue weighted by molar-refractivity contribution is 5.91. The van der Waals surface area contributed by atoms with E-state index < -0.39 is 12.5 Å². The van der Waals surface area contributed by atoms with Crippen molar-refractivity contribution in [3.8, 4) is 0 Å². The molecule has 0 saturated carbocycles. The molecule has 0 bridgehead atoms. The minimum atomic E-state index is -0.526. The molecule has 0 saturated heterocycles. The second-order valence-electron chi connectivity index (χ2n) is 5.44. The lowest BCUT2D eigenvalue weighted by molar-refractivity contribution is -0.118. The number of amides is 1. The highest BCUT2D eigenvalue weighted by atomic mass is 16.3. The number of pyridine rings is 1. The van der Waals surface area contributed by atoms with E-state index in [0.29, 0.717) is 11.6 Å². The van der Waals surface area contributed by atoms with Crippen LogP contribution in [0, 0.1) is 5.92 Å². The Hall–Kier alpha value is -2.40. The largest absolute Gasteiger partial charge is 0.387 e. The van der Waals surface area contributed by atoms with Crippen molar-refractivity contribution in [3.63, 3.8) is 0 Å². The minimum Gasteiger partial charge on any atom is -0.387 e. The Balaban J connectivity index is 2.17. The Morgan fingerprint density at radius 2 is 2.00 bits per heavy atom. The van der Waals surface area contributed by atoms with Gasteiger partial charge in [-0.15, -0.1) is 0 Å². The van der Waals surface area contributed by atoms with Crippen LogP contribution in [0.25, 0.3) is 0 Å². The maximum atomic E-state index is 11.3. The molecule has 5 nitrogen and oxygen atoms in total. The first-order chi connectivity index (χ1) is 10.6. The van der Waals surface area contributed by atoms with Crippen molar-refractivity contribution in [1.29, 1.82) is 0 Å². The summed E-state index contributed by atoms with van der Waals surface area (Å²) in [5.41, 5.74) is 2.67. The summed E-state index contributed by atoms with van der Waals surface area (Å²) >= 11 is 0. The van der Waals surface area contributed by atoms with Gasteiger partial charge in [0.2, 0.25) is 5.91 Å². The van der Waals surface area contributed by atoms with Crippen molar-refractivity contribution in [2.75, 3.05) is 17.2 Å². The third kappa shape index (κ3) is 4.30. The van der Waals surface area contributed by atoms with Gasteiger partial charge in [-0.2, -0.15) is 0 Å². The number of aliphatic hydroxyl groups is 1. The second kappa shape index (κ2) is 7.56. The lowest BCUT2D eigenvalue weighted by Crippen LogP contribution is -2.18. The van der Waals surface area contributed by atoms with Crippen molar-refractivity contribution in [2.24, 2.45) is 5.92 Å². The van der Waals surface area contributed by atoms with Crippen LogP contribution < -0.4 is 10.6 Å². The van der Waals surface area contributed by atoms with Gasteiger partial charge in [-0.1, -0.05) is 26.0 Å². The zero-order chi connectivity index (χ0) is 15.9. The maximum Gasteiger partial charge on any atom is 0.250 e. The van der Waals surface area contributed by atoms with E-state index in [1.54, 1.807) is 12.3 Å². The third-order valence-electron chi connectivity index (χ3n) is 3.32. The van der Waals surface area contributed by atoms with Crippen LogP contribution in [0.2, 0.25) is 0 Å². The second-order valence-corrected chi connectivity index (χ2v) is 5.44. The average molecular weight is 299 g/mol. The van der Waals surface area contributed by atoms with E-state index in [2.05, 4.69) is 29.5 Å². The molecule has 22 heavy (non-hydrogen) atoms. The monoisotopic (exact) mass is 299 g/mol. The number of anilines is 2. The van der Waals surface area contributed by atoms with Crippen molar-refractivity contribution in [3.05, 3.63) is 54.4 Å². The van der Waals surface area contributed by atoms with Gasteiger partial charge in [-0.3, -0.25) is 9.78 Å². The molecule has 1 aromatic carbocycles. The van der Waals surface area contributed by atoms with Gasteiger partial charge in [0.05, 0.1) is 6.04 Å². The summed E-state index contributed by atoms with van der Waals surface area (Å²) in [6.45, 7) is 3.76. The number of aromatic nitrogens is 1. The van der Waals surface area contributed by atoms with Gasteiger partial charge in [0.25, 0.3) is 0 Å². The number of hydrogen-bond acceptors (Lipinski definition) is 4. The Bertz CT molecular complexity index is 614. The maximum absolute atomic E-state index is 11.3. The van der Waals surface area contributed by atoms with Gasteiger partial charge in [0.15, 0.2) is 0 Å². The van der Waals surface area contributed by atoms with E-state index in [9.17, 15) is 4.79 Å². The molecular formula is C17H21N3O2. The molecule has 0 fully saturated rings. The summed E-state index contributed by atoms with van der Waals surface area (Å²) in [6.07, 6.45) is 3.61. The van der Waals surface area contributed by atoms with Crippen LogP contribution in [-0.2, 0) is 4.79 Å². The van der Waals surface area contributed by atoms with Gasteiger partial charge < -0.3 is 15.7 Å². The average Bonchev–Trinajstić information content (AvgIpc) is 2.53. The fourth-order valence-corrected chi connectivity index (χ4v) is 2.26. The number of carbonyl (C=O) groups excluding carboxylic acids is 1. The van der Waals surface area contributed by atoms with Crippen molar-refractivity contribution < 1.29 is 9.90 Å². The summed E-state index contributed by atoms with van der Waals surface area (Å²) in [6, 6.07) is 11.5. The number of aliphatic hydroxyl groups excluding tert-OH is 1. The first kappa shape index (κ1) is 16.0. The quantitative estimate of drug-likeness (QED) is 0.767. The van der Waals surface area contributed by atoms with E-state index >= 15 is 0 Å². The Morgan fingerprint density at radius 1 is 1.23 bits per heavy atom. The van der Waals surface area contributed by atoms with Crippen LogP contribution in [0.5, 0.6) is 0 Å². The minimum absolute atomic E-state index is 0.123. The Kier molecular flexibility index (Phi) is 5.49. The molecule has 2 aromatic rings. The number of nitrogens with one attached hydrogen (secondary N) is 2. The Labute approximate surface area is 130 Å². The zero-order valence-corrected chi connectivity index (χ0v) is 12.8. The van der Waals surface area contributed by atoms with Gasteiger partial charge in [0.1, 0.15) is 6.61 Å². The predicted molar refractivity (Wildman–Crippen MR) is 87.6 cm³/mol. The van der Waals surface area contributed by atoms with E-state index in [-0.39, 0.29) is 6.04 Å². The molecule has 1 aromatic heterocycles. The molecule has 3 N–H and O–H groups in total. The van der Waals surface area contributed by atoms with Gasteiger partial charge in [0, 0.05) is 23.8 Å². The molecule has 1 unspecified atom stereocenters. The highest BCUT2D eigenvalue weighted by Gasteiger charge is 2.15. The van der Waals surface area contributed by atoms with Crippen LogP contribution in [0.4, 0.5) is 11.4 Å². The molecule has 0 spiro atoms. The molecule has 116 valence electrons. The smallest absolute Gasteiger partial charge is 0.250 e.